The smallest absolute Gasteiger partial charge is 0.227 e. The third-order valence-electron chi connectivity index (χ3n) is 4.52. The zero-order valence-electron chi connectivity index (χ0n) is 12.0. The van der Waals surface area contributed by atoms with E-state index >= 15 is 0 Å². The molecule has 2 N–H and O–H groups in total. The van der Waals surface area contributed by atoms with Crippen molar-refractivity contribution in [3.8, 4) is 11.5 Å². The molecule has 0 atom stereocenters. The fourth-order valence-corrected chi connectivity index (χ4v) is 3.49. The summed E-state index contributed by atoms with van der Waals surface area (Å²) in [6, 6.07) is 16.4. The third kappa shape index (κ3) is 1.53. The molecular weight excluding hydrogens is 272 g/mol. The highest BCUT2D eigenvalue weighted by atomic mass is 16.3. The van der Waals surface area contributed by atoms with Gasteiger partial charge >= 0.3 is 0 Å². The fourth-order valence-electron chi connectivity index (χ4n) is 3.49. The molecule has 0 saturated carbocycles. The largest absolute Gasteiger partial charge is 0.436 e. The summed E-state index contributed by atoms with van der Waals surface area (Å²) in [4.78, 5) is 4.63. The Kier molecular flexibility index (Phi) is 2.20. The highest BCUT2D eigenvalue weighted by molar-refractivity contribution is 6.00. The average Bonchev–Trinajstić information content (AvgIpc) is 3.13. The van der Waals surface area contributed by atoms with Crippen LogP contribution in [-0.2, 0) is 12.8 Å². The average molecular weight is 286 g/mol. The van der Waals surface area contributed by atoms with Gasteiger partial charge in [0.2, 0.25) is 5.89 Å². The molecule has 0 unspecified atom stereocenters. The van der Waals surface area contributed by atoms with Gasteiger partial charge in [-0.05, 0) is 52.9 Å². The zero-order valence-corrected chi connectivity index (χ0v) is 12.0. The van der Waals surface area contributed by atoms with Crippen LogP contribution in [0.2, 0.25) is 0 Å². The molecule has 0 fully saturated rings. The van der Waals surface area contributed by atoms with Crippen LogP contribution < -0.4 is 5.73 Å². The Hall–Kier alpha value is -2.81. The molecule has 106 valence electrons. The number of hydrogen-bond donors (Lipinski definition) is 1. The van der Waals surface area contributed by atoms with Gasteiger partial charge in [-0.25, -0.2) is 4.98 Å². The summed E-state index contributed by atoms with van der Waals surface area (Å²) in [5.74, 6) is 0.663. The highest BCUT2D eigenvalue weighted by Gasteiger charge is 2.18. The van der Waals surface area contributed by atoms with Crippen LogP contribution in [-0.4, -0.2) is 4.98 Å². The molecule has 0 spiro atoms. The molecule has 0 amide bonds. The monoisotopic (exact) mass is 286 g/mol. The van der Waals surface area contributed by atoms with Gasteiger partial charge in [0.05, 0.1) is 0 Å². The van der Waals surface area contributed by atoms with Crippen molar-refractivity contribution in [1.82, 2.24) is 4.98 Å². The van der Waals surface area contributed by atoms with E-state index in [1.54, 1.807) is 0 Å². The first-order valence-electron chi connectivity index (χ1n) is 7.49. The summed E-state index contributed by atoms with van der Waals surface area (Å²) in [6.07, 6.45) is 2.25. The Morgan fingerprint density at radius 1 is 0.955 bits per heavy atom. The predicted molar refractivity (Wildman–Crippen MR) is 88.8 cm³/mol. The molecule has 1 aromatic heterocycles. The highest BCUT2D eigenvalue weighted by Crippen LogP contribution is 2.37. The van der Waals surface area contributed by atoms with Crippen LogP contribution >= 0.6 is 0 Å². The van der Waals surface area contributed by atoms with E-state index in [4.69, 9.17) is 10.2 Å². The summed E-state index contributed by atoms with van der Waals surface area (Å²) in [5.41, 5.74) is 12.0. The van der Waals surface area contributed by atoms with Crippen molar-refractivity contribution in [2.45, 2.75) is 12.8 Å². The van der Waals surface area contributed by atoms with Crippen LogP contribution in [0.5, 0.6) is 0 Å². The number of rotatable bonds is 1. The van der Waals surface area contributed by atoms with Gasteiger partial charge in [-0.3, -0.25) is 0 Å². The topological polar surface area (TPSA) is 52.0 Å². The predicted octanol–water partition coefficient (Wildman–Crippen LogP) is 4.33. The minimum Gasteiger partial charge on any atom is -0.436 e. The van der Waals surface area contributed by atoms with Crippen LogP contribution in [0.15, 0.2) is 52.9 Å². The summed E-state index contributed by atoms with van der Waals surface area (Å²) in [6.45, 7) is 0. The number of aryl methyl sites for hydroxylation is 2. The number of oxazole rings is 1. The van der Waals surface area contributed by atoms with E-state index in [2.05, 4.69) is 35.3 Å². The quantitative estimate of drug-likeness (QED) is 0.530. The van der Waals surface area contributed by atoms with Gasteiger partial charge in [0, 0.05) is 17.3 Å². The number of nitrogen functional groups attached to an aromatic ring is 1. The summed E-state index contributed by atoms with van der Waals surface area (Å²) < 4.78 is 5.95. The molecule has 0 radical (unpaired) electrons. The number of aromatic nitrogens is 1. The first-order valence-corrected chi connectivity index (χ1v) is 7.49. The number of benzene rings is 3. The zero-order chi connectivity index (χ0) is 14.7. The molecule has 1 aliphatic carbocycles. The molecule has 22 heavy (non-hydrogen) atoms. The van der Waals surface area contributed by atoms with Crippen molar-refractivity contribution in [1.29, 1.82) is 0 Å². The van der Waals surface area contributed by atoms with E-state index in [0.717, 1.165) is 29.5 Å². The van der Waals surface area contributed by atoms with Crippen molar-refractivity contribution in [2.75, 3.05) is 5.73 Å². The van der Waals surface area contributed by atoms with Gasteiger partial charge in [-0.1, -0.05) is 24.3 Å². The minimum atomic E-state index is 0.663. The second-order valence-electron chi connectivity index (χ2n) is 5.86. The summed E-state index contributed by atoms with van der Waals surface area (Å²) in [5, 5.41) is 2.61. The maximum atomic E-state index is 5.95. The van der Waals surface area contributed by atoms with E-state index in [1.165, 1.54) is 21.9 Å². The van der Waals surface area contributed by atoms with E-state index in [0.29, 0.717) is 11.6 Å². The molecule has 3 nitrogen and oxygen atoms in total. The van der Waals surface area contributed by atoms with Crippen LogP contribution in [0.25, 0.3) is 33.3 Å². The van der Waals surface area contributed by atoms with Crippen molar-refractivity contribution >= 4 is 27.6 Å². The van der Waals surface area contributed by atoms with Crippen LogP contribution in [0.4, 0.5) is 5.69 Å². The lowest BCUT2D eigenvalue weighted by atomic mass is 10.00. The first-order chi connectivity index (χ1) is 10.8. The van der Waals surface area contributed by atoms with Gasteiger partial charge in [-0.2, -0.15) is 0 Å². The summed E-state index contributed by atoms with van der Waals surface area (Å²) >= 11 is 0. The molecule has 1 heterocycles. The minimum absolute atomic E-state index is 0.663. The molecule has 4 aromatic rings. The SMILES string of the molecule is Nc1ccc2nc(-c3ccc4c5c(cccc35)CC4)oc2c1. The van der Waals surface area contributed by atoms with E-state index in [-0.39, 0.29) is 0 Å². The second kappa shape index (κ2) is 4.10. The second-order valence-corrected chi connectivity index (χ2v) is 5.86. The van der Waals surface area contributed by atoms with Gasteiger partial charge in [0.15, 0.2) is 5.58 Å². The van der Waals surface area contributed by atoms with Crippen molar-refractivity contribution in [3.05, 3.63) is 59.7 Å². The lowest BCUT2D eigenvalue weighted by molar-refractivity contribution is 0.621. The van der Waals surface area contributed by atoms with Crippen LogP contribution in [0.1, 0.15) is 11.1 Å². The molecule has 3 aromatic carbocycles. The van der Waals surface area contributed by atoms with Gasteiger partial charge < -0.3 is 10.2 Å². The Labute approximate surface area is 127 Å². The van der Waals surface area contributed by atoms with E-state index < -0.39 is 0 Å². The molecular formula is C19H14N2O. The maximum absolute atomic E-state index is 5.95. The molecule has 0 saturated heterocycles. The Bertz CT molecular complexity index is 1040. The molecule has 0 bridgehead atoms. The fraction of sp³-hybridized carbons (Fsp3) is 0.105. The Balaban J connectivity index is 1.82. The number of fused-ring (bicyclic) bond motifs is 1. The molecule has 1 aliphatic rings. The number of anilines is 1. The lowest BCUT2D eigenvalue weighted by Crippen LogP contribution is -1.84. The van der Waals surface area contributed by atoms with Gasteiger partial charge in [-0.15, -0.1) is 0 Å². The number of nitrogens with two attached hydrogens (primary N) is 1. The number of hydrogen-bond acceptors (Lipinski definition) is 3. The molecule has 5 rings (SSSR count). The van der Waals surface area contributed by atoms with E-state index in [9.17, 15) is 0 Å². The third-order valence-corrected chi connectivity index (χ3v) is 4.52. The van der Waals surface area contributed by atoms with E-state index in [1.807, 2.05) is 18.2 Å². The normalized spacial score (nSPS) is 13.3. The maximum Gasteiger partial charge on any atom is 0.227 e. The summed E-state index contributed by atoms with van der Waals surface area (Å²) in [7, 11) is 0. The van der Waals surface area contributed by atoms with Gasteiger partial charge in [0.1, 0.15) is 5.52 Å². The Morgan fingerprint density at radius 3 is 2.73 bits per heavy atom. The number of nitrogens with zero attached hydrogens (tertiary/aromatic N) is 1. The van der Waals surface area contributed by atoms with Crippen molar-refractivity contribution in [2.24, 2.45) is 0 Å². The van der Waals surface area contributed by atoms with Crippen LogP contribution in [0.3, 0.4) is 0 Å². The lowest BCUT2D eigenvalue weighted by Gasteiger charge is -2.05. The van der Waals surface area contributed by atoms with Crippen LogP contribution in [0, 0.1) is 0 Å². The van der Waals surface area contributed by atoms with Crippen molar-refractivity contribution < 1.29 is 4.42 Å². The first kappa shape index (κ1) is 11.8. The Morgan fingerprint density at radius 2 is 1.82 bits per heavy atom. The van der Waals surface area contributed by atoms with Gasteiger partial charge in [0.25, 0.3) is 0 Å². The van der Waals surface area contributed by atoms with Crippen molar-refractivity contribution in [3.63, 3.8) is 0 Å². The molecule has 0 aliphatic heterocycles. The molecule has 3 heteroatoms. The standard InChI is InChI=1S/C19H14N2O/c20-13-7-9-16-17(10-13)22-19(21-16)15-8-6-12-5-4-11-2-1-3-14(15)18(11)12/h1-3,6-10H,4-5,20H2.